The molecule has 0 amide bonds. The van der Waals surface area contributed by atoms with Crippen LogP contribution in [-0.4, -0.2) is 18.0 Å². The average Bonchev–Trinajstić information content (AvgIpc) is 3.15. The average molecular weight is 486 g/mol. The van der Waals surface area contributed by atoms with Gasteiger partial charge in [0.05, 0.1) is 6.42 Å². The highest BCUT2D eigenvalue weighted by Crippen LogP contribution is 2.67. The standard InChI is InChI=1S/C31H50O4/c1-20(2)7-6-8-21(3)25-11-12-26-24-10-9-22-19-23(35-29(34)14-13-28(32)33)15-17-30(22,4)27(24)16-18-31(25,26)5/h9,20-21,23-27H,6-8,10-19H2,1-5H3,(H,32,33)/p-1/t21-,23?,24+,25-,26+,27+,30+,31-/m1/s1. The van der Waals surface area contributed by atoms with E-state index in [2.05, 4.69) is 40.7 Å². The number of hydrogen-bond donors (Lipinski definition) is 0. The maximum Gasteiger partial charge on any atom is 0.306 e. The summed E-state index contributed by atoms with van der Waals surface area (Å²) in [4.78, 5) is 22.8. The van der Waals surface area contributed by atoms with Gasteiger partial charge in [-0.2, -0.15) is 0 Å². The van der Waals surface area contributed by atoms with Gasteiger partial charge < -0.3 is 14.6 Å². The maximum atomic E-state index is 12.1. The van der Waals surface area contributed by atoms with E-state index in [0.29, 0.717) is 5.41 Å². The normalized spacial score (nSPS) is 39.3. The Morgan fingerprint density at radius 2 is 1.80 bits per heavy atom. The van der Waals surface area contributed by atoms with Crippen molar-refractivity contribution < 1.29 is 19.4 Å². The third kappa shape index (κ3) is 5.37. The Morgan fingerprint density at radius 3 is 2.51 bits per heavy atom. The monoisotopic (exact) mass is 485 g/mol. The molecule has 0 bridgehead atoms. The van der Waals surface area contributed by atoms with Crippen LogP contribution in [0.5, 0.6) is 0 Å². The summed E-state index contributed by atoms with van der Waals surface area (Å²) in [6, 6.07) is 0. The third-order valence-corrected chi connectivity index (χ3v) is 11.1. The van der Waals surface area contributed by atoms with Crippen molar-refractivity contribution in [3.8, 4) is 0 Å². The smallest absolute Gasteiger partial charge is 0.306 e. The summed E-state index contributed by atoms with van der Waals surface area (Å²) < 4.78 is 5.67. The Labute approximate surface area is 213 Å². The van der Waals surface area contributed by atoms with E-state index in [4.69, 9.17) is 4.74 Å². The van der Waals surface area contributed by atoms with E-state index < -0.39 is 11.9 Å². The van der Waals surface area contributed by atoms with E-state index in [-0.39, 0.29) is 24.4 Å². The molecule has 8 atom stereocenters. The Morgan fingerprint density at radius 1 is 1.03 bits per heavy atom. The molecule has 0 spiro atoms. The van der Waals surface area contributed by atoms with E-state index >= 15 is 0 Å². The topological polar surface area (TPSA) is 66.4 Å². The van der Waals surface area contributed by atoms with Crippen LogP contribution < -0.4 is 5.11 Å². The van der Waals surface area contributed by atoms with E-state index in [0.717, 1.165) is 54.8 Å². The minimum atomic E-state index is -1.19. The van der Waals surface area contributed by atoms with Crippen molar-refractivity contribution in [2.24, 2.45) is 46.3 Å². The van der Waals surface area contributed by atoms with Crippen molar-refractivity contribution in [2.45, 2.75) is 124 Å². The zero-order valence-corrected chi connectivity index (χ0v) is 22.9. The first-order valence-corrected chi connectivity index (χ1v) is 14.6. The van der Waals surface area contributed by atoms with Crippen LogP contribution >= 0.6 is 0 Å². The summed E-state index contributed by atoms with van der Waals surface area (Å²) >= 11 is 0. The summed E-state index contributed by atoms with van der Waals surface area (Å²) in [7, 11) is 0. The molecule has 0 aromatic rings. The van der Waals surface area contributed by atoms with Crippen molar-refractivity contribution in [2.75, 3.05) is 0 Å². The molecule has 1 unspecified atom stereocenters. The van der Waals surface area contributed by atoms with Crippen molar-refractivity contribution >= 4 is 11.9 Å². The largest absolute Gasteiger partial charge is 0.550 e. The molecular weight excluding hydrogens is 436 g/mol. The first-order chi connectivity index (χ1) is 16.5. The number of carboxylic acids is 1. The molecule has 0 aromatic carbocycles. The summed E-state index contributed by atoms with van der Waals surface area (Å²) in [6.45, 7) is 12.4. The summed E-state index contributed by atoms with van der Waals surface area (Å²) in [5.74, 6) is 3.36. The second-order valence-corrected chi connectivity index (χ2v) is 13.5. The highest BCUT2D eigenvalue weighted by molar-refractivity contribution is 5.75. The predicted octanol–water partition coefficient (Wildman–Crippen LogP) is 6.47. The fraction of sp³-hybridized carbons (Fsp3) is 0.871. The number of fused-ring (bicyclic) bond motifs is 5. The van der Waals surface area contributed by atoms with E-state index in [1.54, 1.807) is 0 Å². The molecule has 0 heterocycles. The van der Waals surface area contributed by atoms with Crippen LogP contribution in [0, 0.1) is 46.3 Å². The van der Waals surface area contributed by atoms with Gasteiger partial charge in [-0.1, -0.05) is 65.5 Å². The lowest BCUT2D eigenvalue weighted by Crippen LogP contribution is -2.51. The number of rotatable bonds is 9. The number of aliphatic carboxylic acids is 1. The van der Waals surface area contributed by atoms with Gasteiger partial charge >= 0.3 is 5.97 Å². The molecule has 4 rings (SSSR count). The molecule has 4 heteroatoms. The molecule has 3 saturated carbocycles. The van der Waals surface area contributed by atoms with Gasteiger partial charge in [-0.25, -0.2) is 0 Å². The molecule has 3 fully saturated rings. The van der Waals surface area contributed by atoms with E-state index in [9.17, 15) is 14.7 Å². The van der Waals surface area contributed by atoms with Crippen LogP contribution in [0.25, 0.3) is 0 Å². The van der Waals surface area contributed by atoms with Crippen LogP contribution in [0.2, 0.25) is 0 Å². The van der Waals surface area contributed by atoms with Gasteiger partial charge in [0, 0.05) is 12.4 Å². The minimum Gasteiger partial charge on any atom is -0.550 e. The zero-order chi connectivity index (χ0) is 25.4. The first-order valence-electron chi connectivity index (χ1n) is 14.6. The van der Waals surface area contributed by atoms with Crippen molar-refractivity contribution in [1.82, 2.24) is 0 Å². The molecule has 35 heavy (non-hydrogen) atoms. The lowest BCUT2D eigenvalue weighted by atomic mass is 9.47. The van der Waals surface area contributed by atoms with Gasteiger partial charge in [0.15, 0.2) is 0 Å². The SMILES string of the molecule is CC(C)CCC[C@@H](C)[C@H]1CC[C@H]2[C@@H]3CC=C4CC(OC(=O)CCC(=O)[O-])CC[C@]4(C)[C@H]3CC[C@]12C. The Balaban J connectivity index is 1.40. The quantitative estimate of drug-likeness (QED) is 0.277. The van der Waals surface area contributed by atoms with Crippen molar-refractivity contribution in [3.63, 3.8) is 0 Å². The molecular formula is C31H49O4-. The molecule has 0 saturated heterocycles. The lowest BCUT2D eigenvalue weighted by molar-refractivity contribution is -0.305. The Kier molecular flexibility index (Phi) is 8.08. The number of carbonyl (C=O) groups is 2. The Bertz CT molecular complexity index is 815. The third-order valence-electron chi connectivity index (χ3n) is 11.1. The number of esters is 1. The second kappa shape index (κ2) is 10.6. The van der Waals surface area contributed by atoms with Gasteiger partial charge in [0.1, 0.15) is 6.10 Å². The van der Waals surface area contributed by atoms with Crippen LogP contribution in [-0.2, 0) is 14.3 Å². The molecule has 4 nitrogen and oxygen atoms in total. The zero-order valence-electron chi connectivity index (χ0n) is 22.9. The summed E-state index contributed by atoms with van der Waals surface area (Å²) in [6.07, 6.45) is 15.8. The molecule has 0 N–H and O–H groups in total. The van der Waals surface area contributed by atoms with Gasteiger partial charge in [-0.3, -0.25) is 4.79 Å². The Hall–Kier alpha value is -1.32. The first kappa shape index (κ1) is 26.7. The van der Waals surface area contributed by atoms with Crippen LogP contribution in [0.1, 0.15) is 118 Å². The number of carboxylic acid groups (broad SMARTS) is 1. The second-order valence-electron chi connectivity index (χ2n) is 13.5. The van der Waals surface area contributed by atoms with Gasteiger partial charge in [0.2, 0.25) is 0 Å². The number of hydrogen-bond acceptors (Lipinski definition) is 4. The maximum absolute atomic E-state index is 12.1. The minimum absolute atomic E-state index is 0.0861. The highest BCUT2D eigenvalue weighted by atomic mass is 16.5. The van der Waals surface area contributed by atoms with Gasteiger partial charge in [-0.15, -0.1) is 0 Å². The molecule has 198 valence electrons. The molecule has 4 aliphatic carbocycles. The van der Waals surface area contributed by atoms with Crippen LogP contribution in [0.3, 0.4) is 0 Å². The number of allylic oxidation sites excluding steroid dienone is 1. The van der Waals surface area contributed by atoms with Gasteiger partial charge in [-0.05, 0) is 97.7 Å². The number of ether oxygens (including phenoxy) is 1. The number of carbonyl (C=O) groups excluding carboxylic acids is 2. The summed E-state index contributed by atoms with van der Waals surface area (Å²) in [5, 5.41) is 10.7. The highest BCUT2D eigenvalue weighted by Gasteiger charge is 2.59. The van der Waals surface area contributed by atoms with E-state index in [1.165, 1.54) is 56.9 Å². The molecule has 0 aliphatic heterocycles. The summed E-state index contributed by atoms with van der Waals surface area (Å²) in [5.41, 5.74) is 2.24. The molecule has 0 radical (unpaired) electrons. The fourth-order valence-corrected chi connectivity index (χ4v) is 9.20. The van der Waals surface area contributed by atoms with Crippen LogP contribution in [0.15, 0.2) is 11.6 Å². The lowest BCUT2D eigenvalue weighted by Gasteiger charge is -2.58. The van der Waals surface area contributed by atoms with Crippen molar-refractivity contribution in [3.05, 3.63) is 11.6 Å². The van der Waals surface area contributed by atoms with Crippen LogP contribution in [0.4, 0.5) is 0 Å². The predicted molar refractivity (Wildman–Crippen MR) is 137 cm³/mol. The van der Waals surface area contributed by atoms with E-state index in [1.807, 2.05) is 0 Å². The molecule has 4 aliphatic rings. The van der Waals surface area contributed by atoms with Gasteiger partial charge in [0.25, 0.3) is 0 Å². The molecule has 0 aromatic heterocycles. The fourth-order valence-electron chi connectivity index (χ4n) is 9.20. The van der Waals surface area contributed by atoms with Crippen molar-refractivity contribution in [1.29, 1.82) is 0 Å².